The van der Waals surface area contributed by atoms with E-state index >= 15 is 0 Å². The van der Waals surface area contributed by atoms with Gasteiger partial charge in [0.15, 0.2) is 0 Å². The maximum Gasteiger partial charge on any atom is 0.264 e. The fraction of sp³-hybridized carbons (Fsp3) is 0.375. The molecule has 1 saturated carbocycles. The first-order valence-electron chi connectivity index (χ1n) is 14.2. The quantitative estimate of drug-likeness (QED) is 0.256. The van der Waals surface area contributed by atoms with Crippen LogP contribution in [0.25, 0.3) is 0 Å². The van der Waals surface area contributed by atoms with Gasteiger partial charge in [-0.2, -0.15) is 0 Å². The topological polar surface area (TPSA) is 86.8 Å². The molecule has 3 aromatic rings. The highest BCUT2D eigenvalue weighted by molar-refractivity contribution is 7.92. The fourth-order valence-corrected chi connectivity index (χ4v) is 7.12. The van der Waals surface area contributed by atoms with E-state index in [-0.39, 0.29) is 23.4 Å². The lowest BCUT2D eigenvalue weighted by Crippen LogP contribution is -2.53. The number of anilines is 1. The van der Waals surface area contributed by atoms with Crippen LogP contribution in [-0.2, 0) is 26.2 Å². The predicted octanol–water partition coefficient (Wildman–Crippen LogP) is 6.67. The Labute approximate surface area is 258 Å². The summed E-state index contributed by atoms with van der Waals surface area (Å²) in [6, 6.07) is 17.9. The zero-order chi connectivity index (χ0) is 30.4. The van der Waals surface area contributed by atoms with E-state index in [1.165, 1.54) is 17.0 Å². The minimum atomic E-state index is -4.13. The van der Waals surface area contributed by atoms with E-state index < -0.39 is 28.5 Å². The summed E-state index contributed by atoms with van der Waals surface area (Å²) < 4.78 is 29.2. The van der Waals surface area contributed by atoms with Gasteiger partial charge in [0.1, 0.15) is 12.6 Å². The number of nitrogens with one attached hydrogen (secondary N) is 1. The van der Waals surface area contributed by atoms with Crippen molar-refractivity contribution >= 4 is 50.7 Å². The summed E-state index contributed by atoms with van der Waals surface area (Å²) >= 11 is 12.4. The van der Waals surface area contributed by atoms with Crippen LogP contribution < -0.4 is 9.62 Å². The van der Waals surface area contributed by atoms with E-state index in [9.17, 15) is 18.0 Å². The largest absolute Gasteiger partial charge is 0.352 e. The van der Waals surface area contributed by atoms with Crippen LogP contribution in [0.4, 0.5) is 5.69 Å². The number of benzene rings is 3. The predicted molar refractivity (Wildman–Crippen MR) is 168 cm³/mol. The summed E-state index contributed by atoms with van der Waals surface area (Å²) in [7, 11) is -4.13. The number of hydrogen-bond donors (Lipinski definition) is 1. The average Bonchev–Trinajstić information content (AvgIpc) is 3.47. The first kappa shape index (κ1) is 31.9. The molecule has 3 aromatic carbocycles. The average molecular weight is 631 g/mol. The number of sulfonamides is 1. The van der Waals surface area contributed by atoms with Gasteiger partial charge in [-0.25, -0.2) is 8.42 Å². The zero-order valence-corrected chi connectivity index (χ0v) is 26.5. The van der Waals surface area contributed by atoms with E-state index in [4.69, 9.17) is 23.2 Å². The van der Waals surface area contributed by atoms with Gasteiger partial charge in [-0.3, -0.25) is 13.9 Å². The van der Waals surface area contributed by atoms with Crippen molar-refractivity contribution in [1.82, 2.24) is 10.2 Å². The van der Waals surface area contributed by atoms with Crippen LogP contribution in [0.2, 0.25) is 10.0 Å². The van der Waals surface area contributed by atoms with Crippen molar-refractivity contribution < 1.29 is 18.0 Å². The molecule has 0 saturated heterocycles. The molecule has 7 nitrogen and oxygen atoms in total. The van der Waals surface area contributed by atoms with Gasteiger partial charge in [-0.1, -0.05) is 84.9 Å². The molecule has 4 rings (SSSR count). The van der Waals surface area contributed by atoms with Crippen molar-refractivity contribution in [1.29, 1.82) is 0 Å². The molecule has 42 heavy (non-hydrogen) atoms. The second-order valence-corrected chi connectivity index (χ2v) is 13.5. The van der Waals surface area contributed by atoms with Gasteiger partial charge < -0.3 is 10.2 Å². The zero-order valence-electron chi connectivity index (χ0n) is 24.1. The molecule has 0 bridgehead atoms. The molecular weight excluding hydrogens is 593 g/mol. The van der Waals surface area contributed by atoms with Crippen LogP contribution in [0, 0.1) is 13.8 Å². The number of hydrogen-bond acceptors (Lipinski definition) is 4. The van der Waals surface area contributed by atoms with Gasteiger partial charge in [0.25, 0.3) is 10.0 Å². The van der Waals surface area contributed by atoms with Crippen LogP contribution in [-0.4, -0.2) is 43.8 Å². The van der Waals surface area contributed by atoms with Crippen molar-refractivity contribution in [3.05, 3.63) is 93.5 Å². The van der Waals surface area contributed by atoms with Crippen LogP contribution in [0.3, 0.4) is 0 Å². The molecule has 2 amide bonds. The van der Waals surface area contributed by atoms with E-state index in [1.807, 2.05) is 19.9 Å². The number of rotatable bonds is 11. The Morgan fingerprint density at radius 1 is 0.952 bits per heavy atom. The summed E-state index contributed by atoms with van der Waals surface area (Å²) in [4.78, 5) is 29.3. The van der Waals surface area contributed by atoms with E-state index in [1.54, 1.807) is 55.5 Å². The molecule has 0 aromatic heterocycles. The standard InChI is InChI=1S/C32H37Cl2N3O4S/c1-4-29(32(39)35-25-10-6-7-11-25)36(20-24-15-18-27(33)28(34)19-24)31(38)21-37(30-12-8-5-9-23(30)3)42(40,41)26-16-13-22(2)14-17-26/h5,8-9,12-19,25,29H,4,6-7,10-11,20-21H2,1-3H3,(H,35,39). The van der Waals surface area contributed by atoms with Crippen molar-refractivity contribution in [3.8, 4) is 0 Å². The Kier molecular flexibility index (Phi) is 10.6. The van der Waals surface area contributed by atoms with Crippen molar-refractivity contribution in [2.75, 3.05) is 10.8 Å². The molecule has 0 heterocycles. The monoisotopic (exact) mass is 629 g/mol. The normalized spacial score (nSPS) is 14.4. The second kappa shape index (κ2) is 13.9. The van der Waals surface area contributed by atoms with Crippen LogP contribution in [0.1, 0.15) is 55.7 Å². The molecule has 0 radical (unpaired) electrons. The molecule has 1 atom stereocenters. The van der Waals surface area contributed by atoms with E-state index in [0.29, 0.717) is 33.3 Å². The third-order valence-electron chi connectivity index (χ3n) is 7.70. The number of carbonyl (C=O) groups excluding carboxylic acids is 2. The Morgan fingerprint density at radius 3 is 2.24 bits per heavy atom. The minimum absolute atomic E-state index is 0.0541. The third kappa shape index (κ3) is 7.46. The molecule has 1 aliphatic carbocycles. The van der Waals surface area contributed by atoms with Gasteiger partial charge in [0.2, 0.25) is 11.8 Å². The second-order valence-electron chi connectivity index (χ2n) is 10.8. The fourth-order valence-electron chi connectivity index (χ4n) is 5.32. The summed E-state index contributed by atoms with van der Waals surface area (Å²) in [6.07, 6.45) is 4.25. The van der Waals surface area contributed by atoms with Crippen molar-refractivity contribution in [3.63, 3.8) is 0 Å². The van der Waals surface area contributed by atoms with E-state index in [2.05, 4.69) is 5.32 Å². The first-order valence-corrected chi connectivity index (χ1v) is 16.4. The molecular formula is C32H37Cl2N3O4S. The Balaban J connectivity index is 1.73. The maximum atomic E-state index is 14.2. The summed E-state index contributed by atoms with van der Waals surface area (Å²) in [5.41, 5.74) is 2.68. The lowest BCUT2D eigenvalue weighted by Gasteiger charge is -2.34. The number of halogens is 2. The highest BCUT2D eigenvalue weighted by Crippen LogP contribution is 2.29. The number of carbonyl (C=O) groups is 2. The van der Waals surface area contributed by atoms with Crippen LogP contribution in [0.5, 0.6) is 0 Å². The number of amides is 2. The van der Waals surface area contributed by atoms with Crippen molar-refractivity contribution in [2.24, 2.45) is 0 Å². The molecule has 224 valence electrons. The van der Waals surface area contributed by atoms with Gasteiger partial charge in [0, 0.05) is 12.6 Å². The van der Waals surface area contributed by atoms with E-state index in [0.717, 1.165) is 35.6 Å². The molecule has 1 aliphatic rings. The molecule has 0 aliphatic heterocycles. The van der Waals surface area contributed by atoms with Gasteiger partial charge in [-0.15, -0.1) is 0 Å². The van der Waals surface area contributed by atoms with Gasteiger partial charge >= 0.3 is 0 Å². The van der Waals surface area contributed by atoms with Gasteiger partial charge in [-0.05, 0) is 74.6 Å². The molecule has 1 N–H and O–H groups in total. The third-order valence-corrected chi connectivity index (χ3v) is 10.2. The molecule has 0 spiro atoms. The maximum absolute atomic E-state index is 14.2. The lowest BCUT2D eigenvalue weighted by molar-refractivity contribution is -0.140. The summed E-state index contributed by atoms with van der Waals surface area (Å²) in [6.45, 7) is 5.08. The molecule has 1 unspecified atom stereocenters. The van der Waals surface area contributed by atoms with Crippen molar-refractivity contribution in [2.45, 2.75) is 76.4 Å². The SMILES string of the molecule is CCC(C(=O)NC1CCCC1)N(Cc1ccc(Cl)c(Cl)c1)C(=O)CN(c1ccccc1C)S(=O)(=O)c1ccc(C)cc1. The Hall–Kier alpha value is -3.07. The highest BCUT2D eigenvalue weighted by atomic mass is 35.5. The first-order chi connectivity index (χ1) is 20.0. The molecule has 10 heteroatoms. The summed E-state index contributed by atoms with van der Waals surface area (Å²) in [5.74, 6) is -0.755. The highest BCUT2D eigenvalue weighted by Gasteiger charge is 2.35. The number of para-hydroxylation sites is 1. The lowest BCUT2D eigenvalue weighted by atomic mass is 10.1. The minimum Gasteiger partial charge on any atom is -0.352 e. The van der Waals surface area contributed by atoms with Crippen LogP contribution >= 0.6 is 23.2 Å². The van der Waals surface area contributed by atoms with Gasteiger partial charge in [0.05, 0.1) is 20.6 Å². The summed E-state index contributed by atoms with van der Waals surface area (Å²) in [5, 5.41) is 3.82. The molecule has 1 fully saturated rings. The van der Waals surface area contributed by atoms with Crippen LogP contribution in [0.15, 0.2) is 71.6 Å². The number of nitrogens with zero attached hydrogens (tertiary/aromatic N) is 2. The number of aryl methyl sites for hydroxylation is 2. The smallest absolute Gasteiger partial charge is 0.264 e. The Bertz CT molecular complexity index is 1520. The Morgan fingerprint density at radius 2 is 1.62 bits per heavy atom.